The quantitative estimate of drug-likeness (QED) is 0.499. The molecule has 1 N–H and O–H groups in total. The topological polar surface area (TPSA) is 107 Å². The highest BCUT2D eigenvalue weighted by molar-refractivity contribution is 7.90. The van der Waals surface area contributed by atoms with Crippen LogP contribution in [0.25, 0.3) is 5.69 Å². The minimum absolute atomic E-state index is 0.209. The zero-order valence-electron chi connectivity index (χ0n) is 15.1. The third-order valence-corrected chi connectivity index (χ3v) is 5.28. The number of nitro groups is 1. The monoisotopic (exact) mass is 404 g/mol. The first-order chi connectivity index (χ1) is 13.2. The molecule has 0 aliphatic carbocycles. The Balaban J connectivity index is 1.82. The Morgan fingerprint density at radius 2 is 2.00 bits per heavy atom. The summed E-state index contributed by atoms with van der Waals surface area (Å²) in [5, 5.41) is 14.0. The predicted molar refractivity (Wildman–Crippen MR) is 102 cm³/mol. The summed E-state index contributed by atoms with van der Waals surface area (Å²) in [5.41, 5.74) is 0.881. The molecule has 3 aromatic rings. The minimum atomic E-state index is -3.78. The number of hydrogen-bond donors (Lipinski definition) is 1. The number of imidazole rings is 1. The van der Waals surface area contributed by atoms with Crippen LogP contribution in [0.5, 0.6) is 0 Å². The number of hydrogen-bond acceptors (Lipinski definition) is 6. The Morgan fingerprint density at radius 1 is 1.25 bits per heavy atom. The van der Waals surface area contributed by atoms with E-state index < -0.39 is 26.3 Å². The number of rotatable bonds is 6. The molecule has 0 bridgehead atoms. The molecule has 1 aromatic heterocycles. The highest BCUT2D eigenvalue weighted by Gasteiger charge is 2.22. The van der Waals surface area contributed by atoms with Gasteiger partial charge in [-0.1, -0.05) is 6.07 Å². The molecule has 0 aliphatic heterocycles. The van der Waals surface area contributed by atoms with Gasteiger partial charge in [0.1, 0.15) is 16.5 Å². The Bertz CT molecular complexity index is 1160. The maximum atomic E-state index is 14.5. The smallest absolute Gasteiger partial charge is 0.288 e. The van der Waals surface area contributed by atoms with Crippen LogP contribution in [0.3, 0.4) is 0 Å². The van der Waals surface area contributed by atoms with Crippen molar-refractivity contribution in [1.29, 1.82) is 0 Å². The molecule has 0 radical (unpaired) electrons. The van der Waals surface area contributed by atoms with Crippen LogP contribution < -0.4 is 5.32 Å². The molecule has 0 fully saturated rings. The van der Waals surface area contributed by atoms with E-state index in [1.165, 1.54) is 18.2 Å². The van der Waals surface area contributed by atoms with Crippen molar-refractivity contribution < 1.29 is 17.7 Å². The maximum absolute atomic E-state index is 14.5. The molecule has 28 heavy (non-hydrogen) atoms. The van der Waals surface area contributed by atoms with E-state index in [0.717, 1.165) is 12.3 Å². The number of halogens is 1. The molecule has 2 aromatic carbocycles. The third-order valence-electron chi connectivity index (χ3n) is 4.15. The molecule has 0 spiro atoms. The molecule has 0 atom stereocenters. The lowest BCUT2D eigenvalue weighted by Gasteiger charge is -2.11. The van der Waals surface area contributed by atoms with Crippen molar-refractivity contribution in [2.45, 2.75) is 18.4 Å². The first-order valence-corrected chi connectivity index (χ1v) is 10.1. The van der Waals surface area contributed by atoms with Crippen molar-refractivity contribution in [3.05, 3.63) is 76.1 Å². The number of nitrogens with one attached hydrogen (secondary N) is 1. The Labute approximate surface area is 160 Å². The van der Waals surface area contributed by atoms with Crippen molar-refractivity contribution in [3.63, 3.8) is 0 Å². The van der Waals surface area contributed by atoms with Gasteiger partial charge in [-0.2, -0.15) is 0 Å². The molecule has 0 saturated carbocycles. The summed E-state index contributed by atoms with van der Waals surface area (Å²) in [5.74, 6) is 0.227. The summed E-state index contributed by atoms with van der Waals surface area (Å²) in [4.78, 5) is 14.0. The number of aromatic nitrogens is 2. The average Bonchev–Trinajstić information content (AvgIpc) is 3.04. The second-order valence-corrected chi connectivity index (χ2v) is 8.18. The first kappa shape index (κ1) is 19.5. The third kappa shape index (κ3) is 4.01. The van der Waals surface area contributed by atoms with Gasteiger partial charge in [0.25, 0.3) is 5.69 Å². The fourth-order valence-corrected chi connectivity index (χ4v) is 3.63. The van der Waals surface area contributed by atoms with E-state index in [0.29, 0.717) is 22.8 Å². The van der Waals surface area contributed by atoms with E-state index in [9.17, 15) is 22.9 Å². The summed E-state index contributed by atoms with van der Waals surface area (Å²) in [6.45, 7) is 1.98. The summed E-state index contributed by atoms with van der Waals surface area (Å²) < 4.78 is 39.7. The predicted octanol–water partition coefficient (Wildman–Crippen LogP) is 3.24. The normalized spacial score (nSPS) is 11.4. The van der Waals surface area contributed by atoms with E-state index in [4.69, 9.17) is 0 Å². The van der Waals surface area contributed by atoms with Crippen LogP contribution in [0.15, 0.2) is 53.7 Å². The summed E-state index contributed by atoms with van der Waals surface area (Å²) in [7, 11) is -3.78. The van der Waals surface area contributed by atoms with Gasteiger partial charge in [0.15, 0.2) is 9.84 Å². The fourth-order valence-electron chi connectivity index (χ4n) is 2.76. The van der Waals surface area contributed by atoms with E-state index in [1.54, 1.807) is 36.0 Å². The lowest BCUT2D eigenvalue weighted by atomic mass is 10.2. The SMILES string of the molecule is Cc1nccn1-c1ccc(CNc2ccc([N+](=O)[O-])c(S(C)(=O)=O)c2)cc1F. The molecule has 1 heterocycles. The van der Waals surface area contributed by atoms with Gasteiger partial charge in [-0.25, -0.2) is 17.8 Å². The molecule has 3 rings (SSSR count). The van der Waals surface area contributed by atoms with Gasteiger partial charge < -0.3 is 9.88 Å². The number of nitrogens with zero attached hydrogens (tertiary/aromatic N) is 3. The van der Waals surface area contributed by atoms with Gasteiger partial charge in [-0.15, -0.1) is 0 Å². The van der Waals surface area contributed by atoms with E-state index in [-0.39, 0.29) is 11.4 Å². The zero-order chi connectivity index (χ0) is 20.5. The number of aryl methyl sites for hydroxylation is 1. The van der Waals surface area contributed by atoms with Crippen LogP contribution in [-0.2, 0) is 16.4 Å². The maximum Gasteiger partial charge on any atom is 0.288 e. The Kier molecular flexibility index (Phi) is 5.14. The number of benzene rings is 2. The summed E-state index contributed by atoms with van der Waals surface area (Å²) in [6, 6.07) is 8.46. The van der Waals surface area contributed by atoms with E-state index >= 15 is 0 Å². The Hall–Kier alpha value is -3.27. The molecule has 0 aliphatic rings. The van der Waals surface area contributed by atoms with Crippen LogP contribution in [0.4, 0.5) is 15.8 Å². The molecule has 0 saturated heterocycles. The molecule has 146 valence electrons. The Morgan fingerprint density at radius 3 is 2.57 bits per heavy atom. The van der Waals surface area contributed by atoms with Gasteiger partial charge in [0.2, 0.25) is 0 Å². The van der Waals surface area contributed by atoms with Crippen molar-refractivity contribution in [3.8, 4) is 5.69 Å². The van der Waals surface area contributed by atoms with Crippen LogP contribution >= 0.6 is 0 Å². The second kappa shape index (κ2) is 7.39. The minimum Gasteiger partial charge on any atom is -0.381 e. The number of anilines is 1. The van der Waals surface area contributed by atoms with Crippen molar-refractivity contribution in [1.82, 2.24) is 9.55 Å². The van der Waals surface area contributed by atoms with Crippen molar-refractivity contribution >= 4 is 21.2 Å². The van der Waals surface area contributed by atoms with Crippen molar-refractivity contribution in [2.75, 3.05) is 11.6 Å². The largest absolute Gasteiger partial charge is 0.381 e. The lowest BCUT2D eigenvalue weighted by molar-refractivity contribution is -0.387. The van der Waals surface area contributed by atoms with E-state index in [2.05, 4.69) is 10.3 Å². The van der Waals surface area contributed by atoms with Crippen LogP contribution in [-0.4, -0.2) is 29.1 Å². The molecule has 10 heteroatoms. The molecule has 8 nitrogen and oxygen atoms in total. The van der Waals surface area contributed by atoms with Crippen LogP contribution in [0, 0.1) is 22.9 Å². The van der Waals surface area contributed by atoms with Crippen molar-refractivity contribution in [2.24, 2.45) is 0 Å². The van der Waals surface area contributed by atoms with Crippen LogP contribution in [0.2, 0.25) is 0 Å². The second-order valence-electron chi connectivity index (χ2n) is 6.20. The average molecular weight is 404 g/mol. The van der Waals surface area contributed by atoms with Gasteiger partial charge in [-0.3, -0.25) is 10.1 Å². The molecular weight excluding hydrogens is 387 g/mol. The summed E-state index contributed by atoms with van der Waals surface area (Å²) >= 11 is 0. The molecular formula is C18H17FN4O4S. The highest BCUT2D eigenvalue weighted by Crippen LogP contribution is 2.27. The zero-order valence-corrected chi connectivity index (χ0v) is 15.9. The van der Waals surface area contributed by atoms with Gasteiger partial charge in [-0.05, 0) is 36.8 Å². The molecule has 0 unspecified atom stereocenters. The number of nitro benzene ring substituents is 1. The highest BCUT2D eigenvalue weighted by atomic mass is 32.2. The number of sulfone groups is 1. The van der Waals surface area contributed by atoms with Gasteiger partial charge in [0.05, 0.1) is 10.6 Å². The summed E-state index contributed by atoms with van der Waals surface area (Å²) in [6.07, 6.45) is 4.15. The molecule has 0 amide bonds. The van der Waals surface area contributed by atoms with Gasteiger partial charge in [0, 0.05) is 36.9 Å². The first-order valence-electron chi connectivity index (χ1n) is 8.18. The van der Waals surface area contributed by atoms with Gasteiger partial charge >= 0.3 is 0 Å². The van der Waals surface area contributed by atoms with Crippen LogP contribution in [0.1, 0.15) is 11.4 Å². The lowest BCUT2D eigenvalue weighted by Crippen LogP contribution is -2.06. The standard InChI is InChI=1S/C18H17FN4O4S/c1-12-20-7-8-22(12)16-5-3-13(9-15(16)19)11-21-14-4-6-17(23(24)25)18(10-14)28(2,26)27/h3-10,21H,11H2,1-2H3. The fraction of sp³-hybridized carbons (Fsp3) is 0.167. The van der Waals surface area contributed by atoms with E-state index in [1.807, 2.05) is 0 Å².